The van der Waals surface area contributed by atoms with Gasteiger partial charge in [-0.3, -0.25) is 4.79 Å². The molecule has 0 saturated heterocycles. The number of H-pyrrole nitrogens is 1. The van der Waals surface area contributed by atoms with Crippen LogP contribution in [0.1, 0.15) is 61.8 Å². The van der Waals surface area contributed by atoms with Crippen LogP contribution in [0.25, 0.3) is 10.2 Å². The molecule has 0 aromatic carbocycles. The molecule has 25 heavy (non-hydrogen) atoms. The molecule has 2 aromatic rings. The SMILES string of the molecule is O=c1[nH]cnc2sc3c(c12)CCC3.OCCCCNC1CCCCC1. The number of aliphatic hydroxyl groups excluding tert-OH is 1. The minimum Gasteiger partial charge on any atom is -0.396 e. The maximum absolute atomic E-state index is 11.5. The van der Waals surface area contributed by atoms with E-state index in [-0.39, 0.29) is 5.56 Å². The molecule has 0 atom stereocenters. The van der Waals surface area contributed by atoms with Gasteiger partial charge >= 0.3 is 0 Å². The smallest absolute Gasteiger partial charge is 0.259 e. The molecule has 2 aliphatic rings. The minimum atomic E-state index is 0.0180. The van der Waals surface area contributed by atoms with Gasteiger partial charge in [0.25, 0.3) is 5.56 Å². The molecular weight excluding hydrogens is 334 g/mol. The van der Waals surface area contributed by atoms with Crippen LogP contribution in [0, 0.1) is 0 Å². The monoisotopic (exact) mass is 363 g/mol. The Morgan fingerprint density at radius 1 is 1.20 bits per heavy atom. The summed E-state index contributed by atoms with van der Waals surface area (Å²) in [6, 6.07) is 0.775. The first kappa shape index (κ1) is 18.5. The molecule has 4 rings (SSSR count). The summed E-state index contributed by atoms with van der Waals surface area (Å²) in [7, 11) is 0. The first-order valence-electron chi connectivity index (χ1n) is 9.61. The van der Waals surface area contributed by atoms with Crippen LogP contribution in [0.15, 0.2) is 11.1 Å². The first-order chi connectivity index (χ1) is 12.3. The molecule has 0 spiro atoms. The molecule has 5 nitrogen and oxygen atoms in total. The lowest BCUT2D eigenvalue weighted by Crippen LogP contribution is -2.31. The summed E-state index contributed by atoms with van der Waals surface area (Å²) in [6.45, 7) is 1.43. The molecule has 1 fully saturated rings. The fourth-order valence-corrected chi connectivity index (χ4v) is 5.02. The summed E-state index contributed by atoms with van der Waals surface area (Å²) in [6.07, 6.45) is 13.8. The zero-order valence-corrected chi connectivity index (χ0v) is 15.7. The maximum Gasteiger partial charge on any atom is 0.259 e. The molecule has 0 unspecified atom stereocenters. The molecule has 1 saturated carbocycles. The van der Waals surface area contributed by atoms with Crippen molar-refractivity contribution in [2.75, 3.05) is 13.2 Å². The normalized spacial score (nSPS) is 17.3. The molecule has 138 valence electrons. The van der Waals surface area contributed by atoms with Gasteiger partial charge in [-0.2, -0.15) is 0 Å². The highest BCUT2D eigenvalue weighted by atomic mass is 32.1. The van der Waals surface area contributed by atoms with E-state index < -0.39 is 0 Å². The Hall–Kier alpha value is -1.24. The van der Waals surface area contributed by atoms with Crippen LogP contribution in [0.2, 0.25) is 0 Å². The molecule has 2 heterocycles. The lowest BCUT2D eigenvalue weighted by Gasteiger charge is -2.22. The van der Waals surface area contributed by atoms with E-state index in [2.05, 4.69) is 15.3 Å². The second kappa shape index (κ2) is 9.46. The van der Waals surface area contributed by atoms with Crippen molar-refractivity contribution in [1.29, 1.82) is 0 Å². The van der Waals surface area contributed by atoms with Crippen molar-refractivity contribution in [3.63, 3.8) is 0 Å². The summed E-state index contributed by atoms with van der Waals surface area (Å²) >= 11 is 1.67. The van der Waals surface area contributed by atoms with Crippen LogP contribution in [0.5, 0.6) is 0 Å². The van der Waals surface area contributed by atoms with E-state index >= 15 is 0 Å². The molecule has 3 N–H and O–H groups in total. The highest BCUT2D eigenvalue weighted by Gasteiger charge is 2.19. The third-order valence-electron chi connectivity index (χ3n) is 5.13. The van der Waals surface area contributed by atoms with Crippen LogP contribution in [0.4, 0.5) is 0 Å². The van der Waals surface area contributed by atoms with Crippen LogP contribution in [-0.4, -0.2) is 34.3 Å². The Balaban J connectivity index is 0.000000147. The van der Waals surface area contributed by atoms with Crippen molar-refractivity contribution in [3.05, 3.63) is 27.1 Å². The number of thiophene rings is 1. The van der Waals surface area contributed by atoms with Crippen molar-refractivity contribution < 1.29 is 5.11 Å². The second-order valence-electron chi connectivity index (χ2n) is 6.99. The van der Waals surface area contributed by atoms with Crippen molar-refractivity contribution in [3.8, 4) is 0 Å². The average Bonchev–Trinajstić information content (AvgIpc) is 3.21. The van der Waals surface area contributed by atoms with Gasteiger partial charge in [-0.05, 0) is 57.1 Å². The summed E-state index contributed by atoms with van der Waals surface area (Å²) in [5.41, 5.74) is 1.26. The lowest BCUT2D eigenvalue weighted by molar-refractivity contribution is 0.280. The van der Waals surface area contributed by atoms with Gasteiger partial charge < -0.3 is 15.4 Å². The van der Waals surface area contributed by atoms with Gasteiger partial charge in [-0.1, -0.05) is 19.3 Å². The van der Waals surface area contributed by atoms with Crippen LogP contribution in [0.3, 0.4) is 0 Å². The highest BCUT2D eigenvalue weighted by Crippen LogP contribution is 2.33. The molecule has 0 amide bonds. The Kier molecular flexibility index (Phi) is 7.02. The minimum absolute atomic E-state index is 0.0180. The zero-order chi connectivity index (χ0) is 17.5. The van der Waals surface area contributed by atoms with Crippen molar-refractivity contribution in [2.45, 2.75) is 70.3 Å². The number of aliphatic hydroxyl groups is 1. The number of hydrogen-bond donors (Lipinski definition) is 3. The van der Waals surface area contributed by atoms with E-state index in [0.717, 1.165) is 48.5 Å². The number of unbranched alkanes of at least 4 members (excludes halogenated alkanes) is 1. The van der Waals surface area contributed by atoms with Gasteiger partial charge in [0.05, 0.1) is 11.7 Å². The van der Waals surface area contributed by atoms with Crippen LogP contribution < -0.4 is 10.9 Å². The maximum atomic E-state index is 11.5. The third kappa shape index (κ3) is 4.90. The average molecular weight is 364 g/mol. The topological polar surface area (TPSA) is 78.0 Å². The molecule has 2 aliphatic carbocycles. The van der Waals surface area contributed by atoms with Gasteiger partial charge in [-0.25, -0.2) is 4.98 Å². The van der Waals surface area contributed by atoms with E-state index in [4.69, 9.17) is 5.11 Å². The molecular formula is C19H29N3O2S. The summed E-state index contributed by atoms with van der Waals surface area (Å²) in [5.74, 6) is 0. The zero-order valence-electron chi connectivity index (χ0n) is 14.9. The van der Waals surface area contributed by atoms with Crippen molar-refractivity contribution in [1.82, 2.24) is 15.3 Å². The Morgan fingerprint density at radius 2 is 2.04 bits per heavy atom. The number of hydrogen-bond acceptors (Lipinski definition) is 5. The third-order valence-corrected chi connectivity index (χ3v) is 6.33. The molecule has 0 radical (unpaired) electrons. The quantitative estimate of drug-likeness (QED) is 0.713. The van der Waals surface area contributed by atoms with Crippen LogP contribution in [-0.2, 0) is 12.8 Å². The number of fused-ring (bicyclic) bond motifs is 3. The van der Waals surface area contributed by atoms with Gasteiger partial charge in [0, 0.05) is 17.5 Å². The number of aryl methyl sites for hydroxylation is 2. The lowest BCUT2D eigenvalue weighted by atomic mass is 9.95. The number of aromatic amines is 1. The van der Waals surface area contributed by atoms with E-state index in [9.17, 15) is 4.79 Å². The number of rotatable bonds is 5. The molecule has 6 heteroatoms. The Morgan fingerprint density at radius 3 is 2.84 bits per heavy atom. The number of aromatic nitrogens is 2. The summed E-state index contributed by atoms with van der Waals surface area (Å²) < 4.78 is 0. The Bertz CT molecular complexity index is 719. The van der Waals surface area contributed by atoms with Crippen molar-refractivity contribution in [2.24, 2.45) is 0 Å². The van der Waals surface area contributed by atoms with E-state index in [1.165, 1.54) is 55.3 Å². The first-order valence-corrected chi connectivity index (χ1v) is 10.4. The molecule has 0 aliphatic heterocycles. The van der Waals surface area contributed by atoms with Gasteiger partial charge in [-0.15, -0.1) is 11.3 Å². The van der Waals surface area contributed by atoms with Gasteiger partial charge in [0.2, 0.25) is 0 Å². The number of nitrogens with zero attached hydrogens (tertiary/aromatic N) is 1. The van der Waals surface area contributed by atoms with E-state index in [0.29, 0.717) is 6.61 Å². The van der Waals surface area contributed by atoms with Crippen molar-refractivity contribution >= 4 is 21.6 Å². The summed E-state index contributed by atoms with van der Waals surface area (Å²) in [4.78, 5) is 20.6. The number of nitrogens with one attached hydrogen (secondary N) is 2. The largest absolute Gasteiger partial charge is 0.396 e. The van der Waals surface area contributed by atoms with Gasteiger partial charge in [0.15, 0.2) is 0 Å². The van der Waals surface area contributed by atoms with E-state index in [1.54, 1.807) is 11.3 Å². The van der Waals surface area contributed by atoms with Crippen LogP contribution >= 0.6 is 11.3 Å². The summed E-state index contributed by atoms with van der Waals surface area (Å²) in [5, 5.41) is 13.0. The Labute approximate surface area is 152 Å². The fraction of sp³-hybridized carbons (Fsp3) is 0.684. The predicted octanol–water partition coefficient (Wildman–Crippen LogP) is 3.15. The van der Waals surface area contributed by atoms with Gasteiger partial charge in [0.1, 0.15) is 4.83 Å². The standard InChI is InChI=1S/C10H21NO.C9H8N2OS/c12-9-5-4-8-11-10-6-2-1-3-7-10;12-8-7-5-2-1-3-6(5)13-9(7)11-4-10-8/h10-12H,1-9H2;4H,1-3H2,(H,10,11,12). The predicted molar refractivity (Wildman–Crippen MR) is 103 cm³/mol. The second-order valence-corrected chi connectivity index (χ2v) is 8.07. The highest BCUT2D eigenvalue weighted by molar-refractivity contribution is 7.18. The molecule has 2 aromatic heterocycles. The van der Waals surface area contributed by atoms with E-state index in [1.807, 2.05) is 0 Å². The molecule has 0 bridgehead atoms. The fourth-order valence-electron chi connectivity index (χ4n) is 3.79.